The molecular formula is C31H42N2O3. The van der Waals surface area contributed by atoms with Gasteiger partial charge in [0.15, 0.2) is 0 Å². The fraction of sp³-hybridized carbons (Fsp3) is 0.581. The number of rotatable bonds is 10. The Bertz CT molecular complexity index is 1010. The molecule has 5 nitrogen and oxygen atoms in total. The Kier molecular flexibility index (Phi) is 7.97. The highest BCUT2D eigenvalue weighted by Gasteiger charge is 2.52. The van der Waals surface area contributed by atoms with E-state index in [9.17, 15) is 15.0 Å². The molecule has 1 aliphatic heterocycles. The fourth-order valence-corrected chi connectivity index (χ4v) is 6.78. The van der Waals surface area contributed by atoms with E-state index in [0.29, 0.717) is 12.8 Å². The summed E-state index contributed by atoms with van der Waals surface area (Å²) in [6.45, 7) is 3.05. The number of fused-ring (bicyclic) bond motifs is 1. The molecule has 1 heterocycles. The van der Waals surface area contributed by atoms with Crippen LogP contribution in [0.2, 0.25) is 0 Å². The predicted molar refractivity (Wildman–Crippen MR) is 143 cm³/mol. The Morgan fingerprint density at radius 2 is 1.89 bits per heavy atom. The molecule has 2 aromatic rings. The Morgan fingerprint density at radius 3 is 2.67 bits per heavy atom. The molecule has 2 aromatic carbocycles. The van der Waals surface area contributed by atoms with Gasteiger partial charge in [-0.05, 0) is 87.1 Å². The van der Waals surface area contributed by atoms with Gasteiger partial charge in [-0.1, -0.05) is 48.9 Å². The van der Waals surface area contributed by atoms with E-state index in [0.717, 1.165) is 69.6 Å². The molecule has 3 N–H and O–H groups in total. The highest BCUT2D eigenvalue weighted by atomic mass is 16.3. The Morgan fingerprint density at radius 1 is 1.06 bits per heavy atom. The maximum atomic E-state index is 12.8. The zero-order valence-electron chi connectivity index (χ0n) is 21.4. The van der Waals surface area contributed by atoms with Gasteiger partial charge in [0.25, 0.3) is 0 Å². The second kappa shape index (κ2) is 11.4. The molecule has 0 aromatic heterocycles. The third-order valence-electron chi connectivity index (χ3n) is 8.85. The fourth-order valence-electron chi connectivity index (χ4n) is 6.78. The smallest absolute Gasteiger partial charge is 0.220 e. The summed E-state index contributed by atoms with van der Waals surface area (Å²) in [5, 5.41) is 24.9. The summed E-state index contributed by atoms with van der Waals surface area (Å²) >= 11 is 0. The van der Waals surface area contributed by atoms with Gasteiger partial charge in [0.05, 0.1) is 6.10 Å². The summed E-state index contributed by atoms with van der Waals surface area (Å²) in [4.78, 5) is 15.4. The number of phenolic OH excluding ortho intramolecular Hbond substituents is 1. The standard InChI is InChI=1S/C31H42N2O3/c34-27-12-7-11-25(18-27)31-16-17-33(21-24-14-15-24)22-28(31)29(35)19-26(20-31)32-30(36)13-6-2-5-10-23-8-3-1-4-9-23/h1,3-4,7-9,11-12,18,24,26,28-29,34-35H,2,5-6,10,13-17,19-22H2,(H,32,36)/t26-,28-,29?,31-/m0/s1. The molecule has 4 atom stereocenters. The van der Waals surface area contributed by atoms with Crippen molar-refractivity contribution in [1.82, 2.24) is 10.2 Å². The maximum absolute atomic E-state index is 12.8. The number of carbonyl (C=O) groups excluding carboxylic acids is 1. The van der Waals surface area contributed by atoms with Crippen LogP contribution in [0.3, 0.4) is 0 Å². The Balaban J connectivity index is 1.19. The van der Waals surface area contributed by atoms with Crippen molar-refractivity contribution in [3.05, 3.63) is 65.7 Å². The average Bonchev–Trinajstić information content (AvgIpc) is 3.69. The lowest BCUT2D eigenvalue weighted by Crippen LogP contribution is -2.61. The van der Waals surface area contributed by atoms with E-state index in [1.807, 2.05) is 18.2 Å². The highest BCUT2D eigenvalue weighted by molar-refractivity contribution is 5.76. The lowest BCUT2D eigenvalue weighted by Gasteiger charge is -2.55. The van der Waals surface area contributed by atoms with E-state index in [1.54, 1.807) is 6.07 Å². The number of piperidine rings is 1. The van der Waals surface area contributed by atoms with Crippen LogP contribution in [0.25, 0.3) is 0 Å². The minimum atomic E-state index is -0.459. The number of phenols is 1. The molecule has 3 fully saturated rings. The summed E-state index contributed by atoms with van der Waals surface area (Å²) < 4.78 is 0. The SMILES string of the molecule is O=C(CCCCCc1ccccc1)N[C@H]1CC(O)[C@@H]2CN(CC3CC3)CC[C@@]2(c2cccc(O)c2)C1. The van der Waals surface area contributed by atoms with Crippen LogP contribution in [0.1, 0.15) is 68.9 Å². The summed E-state index contributed by atoms with van der Waals surface area (Å²) in [6.07, 6.45) is 9.24. The number of nitrogens with one attached hydrogen (secondary N) is 1. The second-order valence-electron chi connectivity index (χ2n) is 11.6. The predicted octanol–water partition coefficient (Wildman–Crippen LogP) is 4.80. The number of carbonyl (C=O) groups is 1. The third kappa shape index (κ3) is 6.12. The molecule has 0 radical (unpaired) electrons. The van der Waals surface area contributed by atoms with Gasteiger partial charge >= 0.3 is 0 Å². The third-order valence-corrected chi connectivity index (χ3v) is 8.85. The molecule has 36 heavy (non-hydrogen) atoms. The van der Waals surface area contributed by atoms with Crippen molar-refractivity contribution < 1.29 is 15.0 Å². The van der Waals surface area contributed by atoms with Crippen molar-refractivity contribution in [2.45, 2.75) is 81.8 Å². The first-order valence-corrected chi connectivity index (χ1v) is 14.0. The number of aryl methyl sites for hydroxylation is 1. The van der Waals surface area contributed by atoms with E-state index in [2.05, 4.69) is 40.5 Å². The number of unbranched alkanes of at least 4 members (excludes halogenated alkanes) is 2. The molecule has 0 spiro atoms. The van der Waals surface area contributed by atoms with E-state index in [-0.39, 0.29) is 29.0 Å². The number of nitrogens with zero attached hydrogens (tertiary/aromatic N) is 1. The number of aliphatic hydroxyl groups is 1. The minimum Gasteiger partial charge on any atom is -0.508 e. The van der Waals surface area contributed by atoms with E-state index in [4.69, 9.17) is 0 Å². The first-order valence-electron chi connectivity index (χ1n) is 14.0. The number of hydrogen-bond acceptors (Lipinski definition) is 4. The first kappa shape index (κ1) is 25.3. The van der Waals surface area contributed by atoms with Crippen LogP contribution in [-0.2, 0) is 16.6 Å². The second-order valence-corrected chi connectivity index (χ2v) is 11.6. The summed E-state index contributed by atoms with van der Waals surface area (Å²) in [5.74, 6) is 1.33. The van der Waals surface area contributed by atoms with Crippen LogP contribution in [0.5, 0.6) is 5.75 Å². The molecule has 1 unspecified atom stereocenters. The van der Waals surface area contributed by atoms with E-state index < -0.39 is 6.10 Å². The molecule has 194 valence electrons. The normalized spacial score (nSPS) is 28.4. The van der Waals surface area contributed by atoms with Crippen molar-refractivity contribution in [1.29, 1.82) is 0 Å². The quantitative estimate of drug-likeness (QED) is 0.418. The number of aromatic hydroxyl groups is 1. The zero-order valence-corrected chi connectivity index (χ0v) is 21.4. The summed E-state index contributed by atoms with van der Waals surface area (Å²) in [5.41, 5.74) is 2.25. The van der Waals surface area contributed by atoms with Crippen molar-refractivity contribution in [3.8, 4) is 5.75 Å². The molecule has 0 bridgehead atoms. The minimum absolute atomic E-state index is 0.0367. The van der Waals surface area contributed by atoms with Gasteiger partial charge in [-0.25, -0.2) is 0 Å². The molecule has 2 aliphatic carbocycles. The Labute approximate surface area is 215 Å². The van der Waals surface area contributed by atoms with Crippen molar-refractivity contribution in [3.63, 3.8) is 0 Å². The summed E-state index contributed by atoms with van der Waals surface area (Å²) in [6, 6.07) is 18.1. The summed E-state index contributed by atoms with van der Waals surface area (Å²) in [7, 11) is 0. The van der Waals surface area contributed by atoms with Crippen molar-refractivity contribution in [2.75, 3.05) is 19.6 Å². The monoisotopic (exact) mass is 490 g/mol. The Hall–Kier alpha value is -2.37. The van der Waals surface area contributed by atoms with Gasteiger partial charge < -0.3 is 20.4 Å². The molecule has 2 saturated carbocycles. The van der Waals surface area contributed by atoms with Crippen molar-refractivity contribution in [2.24, 2.45) is 11.8 Å². The molecule has 3 aliphatic rings. The van der Waals surface area contributed by atoms with Crippen LogP contribution in [0.15, 0.2) is 54.6 Å². The van der Waals surface area contributed by atoms with Gasteiger partial charge in [0.2, 0.25) is 5.91 Å². The molecule has 1 saturated heterocycles. The number of likely N-dealkylation sites (tertiary alicyclic amines) is 1. The number of aliphatic hydroxyl groups excluding tert-OH is 1. The van der Waals surface area contributed by atoms with Crippen LogP contribution >= 0.6 is 0 Å². The first-order chi connectivity index (χ1) is 17.5. The largest absolute Gasteiger partial charge is 0.508 e. The van der Waals surface area contributed by atoms with E-state index >= 15 is 0 Å². The van der Waals surface area contributed by atoms with Gasteiger partial charge in [0, 0.05) is 36.9 Å². The van der Waals surface area contributed by atoms with Gasteiger partial charge in [-0.3, -0.25) is 4.79 Å². The molecular weight excluding hydrogens is 448 g/mol. The zero-order chi connectivity index (χ0) is 25.0. The maximum Gasteiger partial charge on any atom is 0.220 e. The van der Waals surface area contributed by atoms with Crippen molar-refractivity contribution >= 4 is 5.91 Å². The number of hydrogen-bond donors (Lipinski definition) is 3. The molecule has 5 heteroatoms. The van der Waals surface area contributed by atoms with Gasteiger partial charge in [-0.15, -0.1) is 0 Å². The molecule has 5 rings (SSSR count). The molecule has 1 amide bonds. The number of benzene rings is 2. The van der Waals surface area contributed by atoms with Crippen LogP contribution in [0, 0.1) is 11.8 Å². The topological polar surface area (TPSA) is 72.8 Å². The van der Waals surface area contributed by atoms with Gasteiger partial charge in [0.1, 0.15) is 5.75 Å². The lowest BCUT2D eigenvalue weighted by atomic mass is 9.57. The van der Waals surface area contributed by atoms with Crippen LogP contribution in [0.4, 0.5) is 0 Å². The van der Waals surface area contributed by atoms with E-state index in [1.165, 1.54) is 18.4 Å². The highest BCUT2D eigenvalue weighted by Crippen LogP contribution is 2.50. The van der Waals surface area contributed by atoms with Gasteiger partial charge in [-0.2, -0.15) is 0 Å². The van der Waals surface area contributed by atoms with Crippen LogP contribution in [-0.4, -0.2) is 52.8 Å². The van der Waals surface area contributed by atoms with Crippen LogP contribution < -0.4 is 5.32 Å². The lowest BCUT2D eigenvalue weighted by molar-refractivity contribution is -0.123. The number of amides is 1. The average molecular weight is 491 g/mol.